The third-order valence-electron chi connectivity index (χ3n) is 4.52. The van der Waals surface area contributed by atoms with E-state index in [1.807, 2.05) is 31.2 Å². The Balaban J connectivity index is 1.71. The van der Waals surface area contributed by atoms with Gasteiger partial charge in [-0.2, -0.15) is 0 Å². The number of para-hydroxylation sites is 2. The average molecular weight is 402 g/mol. The molecule has 0 spiro atoms. The van der Waals surface area contributed by atoms with Crippen LogP contribution in [0.3, 0.4) is 0 Å². The summed E-state index contributed by atoms with van der Waals surface area (Å²) in [5.74, 6) is -0.260. The van der Waals surface area contributed by atoms with Crippen LogP contribution in [-0.4, -0.2) is 30.5 Å². The van der Waals surface area contributed by atoms with E-state index in [1.54, 1.807) is 9.13 Å². The number of carbonyl (C=O) groups excluding carboxylic acids is 1. The van der Waals surface area contributed by atoms with E-state index in [9.17, 15) is 18.0 Å². The third-order valence-corrected chi connectivity index (χ3v) is 5.95. The number of rotatable bonds is 7. The fraction of sp³-hybridized carbons (Fsp3) is 0.263. The van der Waals surface area contributed by atoms with E-state index in [0.29, 0.717) is 12.2 Å². The minimum absolute atomic E-state index is 0.118. The first-order valence-corrected chi connectivity index (χ1v) is 10.4. The fourth-order valence-electron chi connectivity index (χ4n) is 3.07. The molecule has 148 valence electrons. The minimum atomic E-state index is -3.52. The lowest BCUT2D eigenvalue weighted by Crippen LogP contribution is -2.25. The van der Waals surface area contributed by atoms with Gasteiger partial charge >= 0.3 is 5.69 Å². The third kappa shape index (κ3) is 3.85. The van der Waals surface area contributed by atoms with Gasteiger partial charge < -0.3 is 5.32 Å². The van der Waals surface area contributed by atoms with Crippen LogP contribution in [0.2, 0.25) is 0 Å². The largest absolute Gasteiger partial charge is 0.329 e. The molecule has 0 radical (unpaired) electrons. The SMILES string of the molecule is CCn1c(=O)n(CCC(=O)Nc2ccc(S(=O)(=O)NC)cc2)c2ccccc21. The van der Waals surface area contributed by atoms with Crippen molar-refractivity contribution in [3.63, 3.8) is 0 Å². The zero-order valence-corrected chi connectivity index (χ0v) is 16.5. The van der Waals surface area contributed by atoms with Gasteiger partial charge in [-0.15, -0.1) is 0 Å². The number of nitrogens with one attached hydrogen (secondary N) is 2. The number of hydrogen-bond acceptors (Lipinski definition) is 4. The van der Waals surface area contributed by atoms with Gasteiger partial charge in [0.1, 0.15) is 0 Å². The predicted octanol–water partition coefficient (Wildman–Crippen LogP) is 1.76. The van der Waals surface area contributed by atoms with Gasteiger partial charge in [0.25, 0.3) is 0 Å². The lowest BCUT2D eigenvalue weighted by molar-refractivity contribution is -0.116. The van der Waals surface area contributed by atoms with Gasteiger partial charge in [0.2, 0.25) is 15.9 Å². The van der Waals surface area contributed by atoms with E-state index >= 15 is 0 Å². The zero-order chi connectivity index (χ0) is 20.3. The van der Waals surface area contributed by atoms with Gasteiger partial charge in [-0.25, -0.2) is 17.9 Å². The van der Waals surface area contributed by atoms with Crippen LogP contribution in [0.25, 0.3) is 11.0 Å². The number of nitrogens with zero attached hydrogens (tertiary/aromatic N) is 2. The standard InChI is InChI=1S/C19H22N4O4S/c1-3-22-16-6-4-5-7-17(16)23(19(22)25)13-12-18(24)21-14-8-10-15(11-9-14)28(26,27)20-2/h4-11,20H,3,12-13H2,1-2H3,(H,21,24). The number of amides is 1. The molecule has 0 fully saturated rings. The van der Waals surface area contributed by atoms with Gasteiger partial charge in [0.15, 0.2) is 0 Å². The normalized spacial score (nSPS) is 11.6. The van der Waals surface area contributed by atoms with Gasteiger partial charge in [-0.05, 0) is 50.4 Å². The molecule has 0 aliphatic heterocycles. The van der Waals surface area contributed by atoms with E-state index in [4.69, 9.17) is 0 Å². The molecule has 0 saturated heterocycles. The Hall–Kier alpha value is -2.91. The Bertz CT molecular complexity index is 1160. The molecule has 0 aliphatic carbocycles. The van der Waals surface area contributed by atoms with E-state index in [1.165, 1.54) is 31.3 Å². The van der Waals surface area contributed by atoms with E-state index in [0.717, 1.165) is 11.0 Å². The van der Waals surface area contributed by atoms with Crippen LogP contribution in [-0.2, 0) is 27.9 Å². The van der Waals surface area contributed by atoms with Gasteiger partial charge in [0, 0.05) is 25.2 Å². The number of sulfonamides is 1. The Morgan fingerprint density at radius 2 is 1.61 bits per heavy atom. The molecule has 1 heterocycles. The summed E-state index contributed by atoms with van der Waals surface area (Å²) in [5, 5.41) is 2.72. The number of anilines is 1. The maximum Gasteiger partial charge on any atom is 0.329 e. The lowest BCUT2D eigenvalue weighted by atomic mass is 10.3. The molecule has 2 N–H and O–H groups in total. The lowest BCUT2D eigenvalue weighted by Gasteiger charge is -2.07. The van der Waals surface area contributed by atoms with Crippen LogP contribution in [0.4, 0.5) is 5.69 Å². The van der Waals surface area contributed by atoms with Crippen molar-refractivity contribution >= 4 is 32.7 Å². The average Bonchev–Trinajstić information content (AvgIpc) is 2.97. The van der Waals surface area contributed by atoms with E-state index in [2.05, 4.69) is 10.0 Å². The maximum atomic E-state index is 12.6. The molecular weight excluding hydrogens is 380 g/mol. The van der Waals surface area contributed by atoms with Crippen molar-refractivity contribution in [2.75, 3.05) is 12.4 Å². The smallest absolute Gasteiger partial charge is 0.326 e. The van der Waals surface area contributed by atoms with Crippen LogP contribution in [0.1, 0.15) is 13.3 Å². The number of aryl methyl sites for hydroxylation is 2. The number of aromatic nitrogens is 2. The molecule has 9 heteroatoms. The van der Waals surface area contributed by atoms with Crippen molar-refractivity contribution in [3.05, 3.63) is 59.0 Å². The van der Waals surface area contributed by atoms with E-state index < -0.39 is 10.0 Å². The molecule has 3 aromatic rings. The highest BCUT2D eigenvalue weighted by Gasteiger charge is 2.14. The first-order chi connectivity index (χ1) is 13.4. The highest BCUT2D eigenvalue weighted by atomic mass is 32.2. The summed E-state index contributed by atoms with van der Waals surface area (Å²) in [6.07, 6.45) is 0.119. The van der Waals surface area contributed by atoms with Crippen molar-refractivity contribution < 1.29 is 13.2 Å². The predicted molar refractivity (Wildman–Crippen MR) is 108 cm³/mol. The highest BCUT2D eigenvalue weighted by molar-refractivity contribution is 7.89. The summed E-state index contributed by atoms with van der Waals surface area (Å²) < 4.78 is 29.0. The van der Waals surface area contributed by atoms with Crippen molar-refractivity contribution in [3.8, 4) is 0 Å². The van der Waals surface area contributed by atoms with Crippen LogP contribution < -0.4 is 15.7 Å². The number of hydrogen-bond donors (Lipinski definition) is 2. The second kappa shape index (κ2) is 7.99. The molecule has 0 bridgehead atoms. The molecule has 0 aliphatic rings. The summed E-state index contributed by atoms with van der Waals surface area (Å²) in [6, 6.07) is 13.4. The number of fused-ring (bicyclic) bond motifs is 1. The molecule has 0 atom stereocenters. The maximum absolute atomic E-state index is 12.6. The summed E-state index contributed by atoms with van der Waals surface area (Å²) in [7, 11) is -2.18. The summed E-state index contributed by atoms with van der Waals surface area (Å²) >= 11 is 0. The molecule has 1 aromatic heterocycles. The quantitative estimate of drug-likeness (QED) is 0.629. The molecule has 28 heavy (non-hydrogen) atoms. The molecule has 1 amide bonds. The molecule has 3 rings (SSSR count). The molecule has 0 saturated carbocycles. The van der Waals surface area contributed by atoms with Crippen LogP contribution in [0.15, 0.2) is 58.2 Å². The Morgan fingerprint density at radius 3 is 2.18 bits per heavy atom. The van der Waals surface area contributed by atoms with Crippen LogP contribution in [0, 0.1) is 0 Å². The van der Waals surface area contributed by atoms with Crippen molar-refractivity contribution in [2.24, 2.45) is 0 Å². The summed E-state index contributed by atoms with van der Waals surface area (Å²) in [5.41, 5.74) is 1.99. The highest BCUT2D eigenvalue weighted by Crippen LogP contribution is 2.15. The van der Waals surface area contributed by atoms with Crippen molar-refractivity contribution in [1.29, 1.82) is 0 Å². The Labute approximate surface area is 162 Å². The number of carbonyl (C=O) groups is 1. The minimum Gasteiger partial charge on any atom is -0.326 e. The van der Waals surface area contributed by atoms with Crippen LogP contribution in [0.5, 0.6) is 0 Å². The summed E-state index contributed by atoms with van der Waals surface area (Å²) in [6.45, 7) is 2.72. The second-order valence-corrected chi connectivity index (χ2v) is 8.08. The fourth-order valence-corrected chi connectivity index (χ4v) is 3.80. The first kappa shape index (κ1) is 19.8. The summed E-state index contributed by atoms with van der Waals surface area (Å²) in [4.78, 5) is 25.0. The van der Waals surface area contributed by atoms with E-state index in [-0.39, 0.29) is 29.5 Å². The zero-order valence-electron chi connectivity index (χ0n) is 15.7. The Kier molecular flexibility index (Phi) is 5.66. The molecule has 2 aromatic carbocycles. The Morgan fingerprint density at radius 1 is 1.00 bits per heavy atom. The van der Waals surface area contributed by atoms with Gasteiger partial charge in [0.05, 0.1) is 15.9 Å². The van der Waals surface area contributed by atoms with Crippen molar-refractivity contribution in [2.45, 2.75) is 31.3 Å². The van der Waals surface area contributed by atoms with Crippen LogP contribution >= 0.6 is 0 Å². The van der Waals surface area contributed by atoms with Gasteiger partial charge in [-0.1, -0.05) is 12.1 Å². The van der Waals surface area contributed by atoms with Gasteiger partial charge in [-0.3, -0.25) is 13.9 Å². The molecular formula is C19H22N4O4S. The first-order valence-electron chi connectivity index (χ1n) is 8.89. The molecule has 0 unspecified atom stereocenters. The number of imidazole rings is 1. The number of benzene rings is 2. The molecule has 8 nitrogen and oxygen atoms in total. The monoisotopic (exact) mass is 402 g/mol. The second-order valence-electron chi connectivity index (χ2n) is 6.20. The van der Waals surface area contributed by atoms with Crippen molar-refractivity contribution in [1.82, 2.24) is 13.9 Å². The topological polar surface area (TPSA) is 102 Å².